The number of methoxy groups -OCH3 is 1. The molecule has 134 valence electrons. The Morgan fingerprint density at radius 3 is 2.73 bits per heavy atom. The number of carbonyl (C=O) groups is 3. The predicted octanol–water partition coefficient (Wildman–Crippen LogP) is 1.36. The summed E-state index contributed by atoms with van der Waals surface area (Å²) in [6.07, 6.45) is 1.41. The van der Waals surface area contributed by atoms with E-state index in [4.69, 9.17) is 4.74 Å². The fourth-order valence-electron chi connectivity index (χ4n) is 3.23. The van der Waals surface area contributed by atoms with Gasteiger partial charge in [0.05, 0.1) is 13.7 Å². The van der Waals surface area contributed by atoms with Gasteiger partial charge in [-0.2, -0.15) is 14.8 Å². The van der Waals surface area contributed by atoms with E-state index in [1.165, 1.54) is 18.2 Å². The average Bonchev–Trinajstić information content (AvgIpc) is 3.20. The highest BCUT2D eigenvalue weighted by molar-refractivity contribution is 5.91. The van der Waals surface area contributed by atoms with Crippen molar-refractivity contribution < 1.29 is 24.3 Å². The van der Waals surface area contributed by atoms with Gasteiger partial charge in [-0.05, 0) is 12.1 Å². The van der Waals surface area contributed by atoms with Crippen molar-refractivity contribution in [3.63, 3.8) is 0 Å². The largest absolute Gasteiger partial charge is 0.467 e. The third kappa shape index (κ3) is 2.30. The molecule has 0 aliphatic carbocycles. The number of para-hydroxylation sites is 1. The summed E-state index contributed by atoms with van der Waals surface area (Å²) in [6, 6.07) is 5.77. The van der Waals surface area contributed by atoms with Crippen LogP contribution in [0.3, 0.4) is 0 Å². The van der Waals surface area contributed by atoms with Crippen LogP contribution < -0.4 is 5.32 Å². The fourth-order valence-corrected chi connectivity index (χ4v) is 3.23. The monoisotopic (exact) mass is 357 g/mol. The maximum Gasteiger partial charge on any atom is 0.346 e. The minimum Gasteiger partial charge on any atom is -0.467 e. The molecule has 0 saturated carbocycles. The Labute approximate surface area is 147 Å². The van der Waals surface area contributed by atoms with Gasteiger partial charge in [0.15, 0.2) is 6.04 Å². The van der Waals surface area contributed by atoms with Gasteiger partial charge in [0, 0.05) is 17.4 Å². The van der Waals surface area contributed by atoms with E-state index in [1.807, 2.05) is 6.07 Å². The molecule has 4 rings (SSSR count). The average molecular weight is 357 g/mol. The molecule has 26 heavy (non-hydrogen) atoms. The van der Waals surface area contributed by atoms with E-state index >= 15 is 0 Å². The minimum atomic E-state index is -1.11. The first-order valence-corrected chi connectivity index (χ1v) is 7.83. The van der Waals surface area contributed by atoms with Crippen molar-refractivity contribution in [3.8, 4) is 0 Å². The van der Waals surface area contributed by atoms with Crippen LogP contribution in [-0.4, -0.2) is 56.6 Å². The number of aromatic nitrogens is 2. The number of anilines is 1. The Balaban J connectivity index is 1.70. The predicted molar refractivity (Wildman–Crippen MR) is 86.3 cm³/mol. The summed E-state index contributed by atoms with van der Waals surface area (Å²) in [7, 11) is 1.20. The molecular weight excluding hydrogens is 342 g/mol. The van der Waals surface area contributed by atoms with Gasteiger partial charge in [0.25, 0.3) is 0 Å². The van der Waals surface area contributed by atoms with Crippen molar-refractivity contribution in [1.82, 2.24) is 19.7 Å². The molecule has 2 aliphatic heterocycles. The first kappa shape index (κ1) is 16.1. The summed E-state index contributed by atoms with van der Waals surface area (Å²) in [6.45, 7) is 0.105. The number of nitrogens with zero attached hydrogens (tertiary/aromatic N) is 4. The number of hydrogen-bond acceptors (Lipinski definition) is 6. The van der Waals surface area contributed by atoms with Crippen molar-refractivity contribution >= 4 is 23.7 Å². The normalized spacial score (nSPS) is 20.8. The lowest BCUT2D eigenvalue weighted by Gasteiger charge is -2.27. The Morgan fingerprint density at radius 1 is 1.31 bits per heavy atom. The van der Waals surface area contributed by atoms with E-state index in [2.05, 4.69) is 10.4 Å². The second kappa shape index (κ2) is 5.85. The van der Waals surface area contributed by atoms with Gasteiger partial charge in [-0.15, -0.1) is 0 Å². The lowest BCUT2D eigenvalue weighted by molar-refractivity contribution is -0.146. The van der Waals surface area contributed by atoms with Gasteiger partial charge in [0.1, 0.15) is 11.7 Å². The Morgan fingerprint density at radius 2 is 2.04 bits per heavy atom. The molecular formula is C16H15N5O5. The number of esters is 1. The fraction of sp³-hybridized carbons (Fsp3) is 0.250. The summed E-state index contributed by atoms with van der Waals surface area (Å²) in [4.78, 5) is 37.9. The van der Waals surface area contributed by atoms with Crippen LogP contribution in [0.2, 0.25) is 0 Å². The molecule has 2 aromatic rings. The molecule has 2 atom stereocenters. The van der Waals surface area contributed by atoms with Crippen LogP contribution in [0.15, 0.2) is 36.5 Å². The van der Waals surface area contributed by atoms with E-state index < -0.39 is 30.1 Å². The molecule has 1 fully saturated rings. The summed E-state index contributed by atoms with van der Waals surface area (Å²) in [5.74, 6) is -0.693. The van der Waals surface area contributed by atoms with Crippen molar-refractivity contribution in [2.45, 2.75) is 12.1 Å². The molecule has 0 unspecified atom stereocenters. The second-order valence-corrected chi connectivity index (χ2v) is 5.93. The first-order chi connectivity index (χ1) is 12.5. The van der Waals surface area contributed by atoms with Crippen LogP contribution >= 0.6 is 0 Å². The molecule has 2 bridgehead atoms. The molecule has 10 heteroatoms. The summed E-state index contributed by atoms with van der Waals surface area (Å²) in [5.41, 5.74) is 1.22. The lowest BCUT2D eigenvalue weighted by atomic mass is 9.98. The molecule has 0 radical (unpaired) electrons. The SMILES string of the molecule is COC(=O)[C@@H]1c2nn(C(=O)Nc3ccccc3)cc2[C@H]2CN1C(=O)N2O. The maximum absolute atomic E-state index is 12.4. The second-order valence-electron chi connectivity index (χ2n) is 5.93. The number of fused-ring (bicyclic) bond motifs is 4. The van der Waals surface area contributed by atoms with Crippen LogP contribution in [0.1, 0.15) is 23.3 Å². The highest BCUT2D eigenvalue weighted by Crippen LogP contribution is 2.42. The van der Waals surface area contributed by atoms with E-state index in [0.717, 1.165) is 4.68 Å². The number of nitrogens with one attached hydrogen (secondary N) is 1. The van der Waals surface area contributed by atoms with Gasteiger partial charge in [-0.25, -0.2) is 14.4 Å². The number of hydroxylamine groups is 2. The molecule has 1 aromatic carbocycles. The smallest absolute Gasteiger partial charge is 0.346 e. The van der Waals surface area contributed by atoms with Gasteiger partial charge < -0.3 is 15.0 Å². The number of hydrogen-bond donors (Lipinski definition) is 2. The molecule has 1 aromatic heterocycles. The van der Waals surface area contributed by atoms with Crippen LogP contribution in [-0.2, 0) is 9.53 Å². The highest BCUT2D eigenvalue weighted by atomic mass is 16.5. The third-order valence-corrected chi connectivity index (χ3v) is 4.47. The van der Waals surface area contributed by atoms with Crippen LogP contribution in [0.4, 0.5) is 15.3 Å². The molecule has 1 saturated heterocycles. The van der Waals surface area contributed by atoms with Gasteiger partial charge in [-0.3, -0.25) is 5.21 Å². The van der Waals surface area contributed by atoms with Crippen LogP contribution in [0.5, 0.6) is 0 Å². The molecule has 2 N–H and O–H groups in total. The zero-order chi connectivity index (χ0) is 18.4. The Kier molecular flexibility index (Phi) is 3.62. The molecule has 3 heterocycles. The van der Waals surface area contributed by atoms with E-state index in [0.29, 0.717) is 16.3 Å². The van der Waals surface area contributed by atoms with Crippen molar-refractivity contribution in [3.05, 3.63) is 47.8 Å². The number of carbonyl (C=O) groups excluding carboxylic acids is 3. The Bertz CT molecular complexity index is 896. The lowest BCUT2D eigenvalue weighted by Crippen LogP contribution is -2.39. The first-order valence-electron chi connectivity index (χ1n) is 7.83. The third-order valence-electron chi connectivity index (χ3n) is 4.47. The Hall–Kier alpha value is -3.40. The van der Waals surface area contributed by atoms with Crippen molar-refractivity contribution in [1.29, 1.82) is 0 Å². The minimum absolute atomic E-state index is 0.105. The molecule has 3 amide bonds. The van der Waals surface area contributed by atoms with Crippen LogP contribution in [0.25, 0.3) is 0 Å². The number of urea groups is 1. The zero-order valence-corrected chi connectivity index (χ0v) is 13.7. The maximum atomic E-state index is 12.4. The highest BCUT2D eigenvalue weighted by Gasteiger charge is 2.52. The quantitative estimate of drug-likeness (QED) is 0.619. The van der Waals surface area contributed by atoms with Gasteiger partial charge in [-0.1, -0.05) is 18.2 Å². The van der Waals surface area contributed by atoms with E-state index in [1.54, 1.807) is 24.3 Å². The molecule has 0 spiro atoms. The van der Waals surface area contributed by atoms with E-state index in [9.17, 15) is 19.6 Å². The summed E-state index contributed by atoms with van der Waals surface area (Å²) < 4.78 is 5.81. The van der Waals surface area contributed by atoms with Gasteiger partial charge >= 0.3 is 18.0 Å². The number of ether oxygens (including phenoxy) is 1. The van der Waals surface area contributed by atoms with Crippen molar-refractivity contribution in [2.75, 3.05) is 19.0 Å². The van der Waals surface area contributed by atoms with Gasteiger partial charge in [0.2, 0.25) is 0 Å². The van der Waals surface area contributed by atoms with Crippen LogP contribution in [0, 0.1) is 0 Å². The topological polar surface area (TPSA) is 117 Å². The summed E-state index contributed by atoms with van der Waals surface area (Å²) >= 11 is 0. The number of rotatable bonds is 2. The standard InChI is InChI=1S/C16H15N5O5/c1-26-14(22)13-12-10(11-8-19(13)16(24)21(11)25)7-20(18-12)15(23)17-9-5-3-2-4-6-9/h2-7,11,13,25H,8H2,1H3,(H,17,23)/t11-,13+/m1/s1. The van der Waals surface area contributed by atoms with E-state index in [-0.39, 0.29) is 12.2 Å². The molecule has 2 aliphatic rings. The number of benzene rings is 1. The number of amides is 3. The summed E-state index contributed by atoms with van der Waals surface area (Å²) in [5, 5.41) is 17.4. The van der Waals surface area contributed by atoms with Crippen molar-refractivity contribution in [2.24, 2.45) is 0 Å². The zero-order valence-electron chi connectivity index (χ0n) is 13.7. The molecule has 10 nitrogen and oxygen atoms in total.